The van der Waals surface area contributed by atoms with E-state index in [1.807, 2.05) is 36.5 Å². The van der Waals surface area contributed by atoms with Crippen molar-refractivity contribution in [2.24, 2.45) is 4.99 Å². The number of aryl methyl sites for hydroxylation is 2. The van der Waals surface area contributed by atoms with Crippen LogP contribution in [0.1, 0.15) is 16.7 Å². The third-order valence-corrected chi connectivity index (χ3v) is 2.90. The van der Waals surface area contributed by atoms with Crippen molar-refractivity contribution in [1.29, 1.82) is 0 Å². The predicted octanol–water partition coefficient (Wildman–Crippen LogP) is 4.71. The van der Waals surface area contributed by atoms with Gasteiger partial charge in [-0.15, -0.1) is 0 Å². The zero-order chi connectivity index (χ0) is 12.3. The molecule has 0 fully saturated rings. The summed E-state index contributed by atoms with van der Waals surface area (Å²) < 4.78 is 0. The van der Waals surface area contributed by atoms with Crippen LogP contribution in [0.15, 0.2) is 47.5 Å². The molecule has 0 bridgehead atoms. The van der Waals surface area contributed by atoms with Gasteiger partial charge in [0.25, 0.3) is 0 Å². The van der Waals surface area contributed by atoms with Gasteiger partial charge in [-0.2, -0.15) is 0 Å². The summed E-state index contributed by atoms with van der Waals surface area (Å²) >= 11 is 5.83. The Morgan fingerprint density at radius 2 is 1.53 bits per heavy atom. The Hall–Kier alpha value is -1.60. The molecular formula is C15H14ClN. The van der Waals surface area contributed by atoms with E-state index < -0.39 is 0 Å². The summed E-state index contributed by atoms with van der Waals surface area (Å²) in [6, 6.07) is 13.8. The van der Waals surface area contributed by atoms with E-state index in [1.165, 1.54) is 11.1 Å². The highest BCUT2D eigenvalue weighted by molar-refractivity contribution is 6.30. The minimum absolute atomic E-state index is 0.745. The summed E-state index contributed by atoms with van der Waals surface area (Å²) in [4.78, 5) is 4.54. The van der Waals surface area contributed by atoms with Crippen LogP contribution in [0.4, 0.5) is 5.69 Å². The number of para-hydroxylation sites is 1. The lowest BCUT2D eigenvalue weighted by Gasteiger charge is -2.03. The molecule has 0 radical (unpaired) electrons. The number of hydrogen-bond acceptors (Lipinski definition) is 1. The Labute approximate surface area is 107 Å². The van der Waals surface area contributed by atoms with Gasteiger partial charge in [0.05, 0.1) is 5.69 Å². The smallest absolute Gasteiger partial charge is 0.0688 e. The topological polar surface area (TPSA) is 12.4 Å². The number of hydrogen-bond donors (Lipinski definition) is 0. The molecule has 0 saturated carbocycles. The molecule has 0 N–H and O–H groups in total. The van der Waals surface area contributed by atoms with E-state index >= 15 is 0 Å². The monoisotopic (exact) mass is 243 g/mol. The summed E-state index contributed by atoms with van der Waals surface area (Å²) in [5, 5.41) is 0.745. The second-order valence-corrected chi connectivity index (χ2v) is 4.49. The Kier molecular flexibility index (Phi) is 3.60. The standard InChI is InChI=1S/C15H14ClN/c1-11-4-3-5-12(2)15(11)17-10-13-6-8-14(16)9-7-13/h3-10H,1-2H3. The van der Waals surface area contributed by atoms with Crippen molar-refractivity contribution in [3.8, 4) is 0 Å². The van der Waals surface area contributed by atoms with Gasteiger partial charge < -0.3 is 0 Å². The molecule has 0 amide bonds. The summed E-state index contributed by atoms with van der Waals surface area (Å²) in [6.07, 6.45) is 1.87. The molecule has 0 aliphatic heterocycles. The van der Waals surface area contributed by atoms with Crippen LogP contribution < -0.4 is 0 Å². The molecule has 0 saturated heterocycles. The zero-order valence-electron chi connectivity index (χ0n) is 9.94. The molecule has 2 aromatic rings. The van der Waals surface area contributed by atoms with E-state index in [2.05, 4.69) is 31.0 Å². The Balaban J connectivity index is 2.29. The number of rotatable bonds is 2. The van der Waals surface area contributed by atoms with Crippen LogP contribution in [0, 0.1) is 13.8 Å². The highest BCUT2D eigenvalue weighted by atomic mass is 35.5. The molecule has 1 nitrogen and oxygen atoms in total. The average Bonchev–Trinajstić information content (AvgIpc) is 2.31. The van der Waals surface area contributed by atoms with E-state index in [1.54, 1.807) is 0 Å². The van der Waals surface area contributed by atoms with Crippen LogP contribution >= 0.6 is 11.6 Å². The number of aliphatic imine (C=N–C) groups is 1. The van der Waals surface area contributed by atoms with Gasteiger partial charge in [0.1, 0.15) is 0 Å². The largest absolute Gasteiger partial charge is 0.256 e. The predicted molar refractivity (Wildman–Crippen MR) is 74.6 cm³/mol. The Morgan fingerprint density at radius 1 is 0.941 bits per heavy atom. The van der Waals surface area contributed by atoms with E-state index in [0.717, 1.165) is 16.3 Å². The lowest BCUT2D eigenvalue weighted by molar-refractivity contribution is 1.33. The summed E-state index contributed by atoms with van der Waals surface area (Å²) in [5.74, 6) is 0. The van der Waals surface area contributed by atoms with Gasteiger partial charge in [-0.25, -0.2) is 0 Å². The fourth-order valence-corrected chi connectivity index (χ4v) is 1.82. The van der Waals surface area contributed by atoms with Gasteiger partial charge in [-0.3, -0.25) is 4.99 Å². The van der Waals surface area contributed by atoms with Crippen LogP contribution in [-0.2, 0) is 0 Å². The minimum atomic E-state index is 0.745. The molecule has 0 spiro atoms. The molecule has 0 heterocycles. The summed E-state index contributed by atoms with van der Waals surface area (Å²) in [5.41, 5.74) is 4.48. The lowest BCUT2D eigenvalue weighted by atomic mass is 10.1. The van der Waals surface area contributed by atoms with Gasteiger partial charge in [-0.05, 0) is 42.7 Å². The van der Waals surface area contributed by atoms with Crippen LogP contribution in [0.2, 0.25) is 5.02 Å². The molecule has 0 unspecified atom stereocenters. The van der Waals surface area contributed by atoms with Crippen molar-refractivity contribution >= 4 is 23.5 Å². The summed E-state index contributed by atoms with van der Waals surface area (Å²) in [6.45, 7) is 4.14. The van der Waals surface area contributed by atoms with E-state index in [-0.39, 0.29) is 0 Å². The fraction of sp³-hybridized carbons (Fsp3) is 0.133. The molecule has 86 valence electrons. The molecular weight excluding hydrogens is 230 g/mol. The fourth-order valence-electron chi connectivity index (χ4n) is 1.70. The molecule has 2 rings (SSSR count). The third kappa shape index (κ3) is 2.95. The van der Waals surface area contributed by atoms with Crippen LogP contribution in [0.5, 0.6) is 0 Å². The Morgan fingerprint density at radius 3 is 2.12 bits per heavy atom. The van der Waals surface area contributed by atoms with Gasteiger partial charge in [0.2, 0.25) is 0 Å². The molecule has 0 aliphatic rings. The van der Waals surface area contributed by atoms with Crippen molar-refractivity contribution in [3.05, 3.63) is 64.2 Å². The number of benzene rings is 2. The van der Waals surface area contributed by atoms with Crippen molar-refractivity contribution in [3.63, 3.8) is 0 Å². The number of nitrogens with zero attached hydrogens (tertiary/aromatic N) is 1. The SMILES string of the molecule is Cc1cccc(C)c1N=Cc1ccc(Cl)cc1. The van der Waals surface area contributed by atoms with Crippen LogP contribution in [0.3, 0.4) is 0 Å². The van der Waals surface area contributed by atoms with Crippen molar-refractivity contribution in [2.75, 3.05) is 0 Å². The first-order chi connectivity index (χ1) is 8.16. The van der Waals surface area contributed by atoms with Crippen molar-refractivity contribution in [2.45, 2.75) is 13.8 Å². The first-order valence-corrected chi connectivity index (χ1v) is 5.90. The molecule has 0 aromatic heterocycles. The third-order valence-electron chi connectivity index (χ3n) is 2.65. The van der Waals surface area contributed by atoms with Crippen molar-refractivity contribution in [1.82, 2.24) is 0 Å². The van der Waals surface area contributed by atoms with E-state index in [9.17, 15) is 0 Å². The minimum Gasteiger partial charge on any atom is -0.256 e. The van der Waals surface area contributed by atoms with Gasteiger partial charge >= 0.3 is 0 Å². The lowest BCUT2D eigenvalue weighted by Crippen LogP contribution is -1.83. The second kappa shape index (κ2) is 5.15. The average molecular weight is 244 g/mol. The van der Waals surface area contributed by atoms with E-state index in [0.29, 0.717) is 0 Å². The maximum absolute atomic E-state index is 5.83. The molecule has 17 heavy (non-hydrogen) atoms. The molecule has 0 aliphatic carbocycles. The zero-order valence-corrected chi connectivity index (χ0v) is 10.7. The van der Waals surface area contributed by atoms with Crippen LogP contribution in [0.25, 0.3) is 0 Å². The molecule has 2 aromatic carbocycles. The second-order valence-electron chi connectivity index (χ2n) is 4.05. The maximum atomic E-state index is 5.83. The highest BCUT2D eigenvalue weighted by Gasteiger charge is 1.98. The quantitative estimate of drug-likeness (QED) is 0.678. The van der Waals surface area contributed by atoms with E-state index in [4.69, 9.17) is 11.6 Å². The maximum Gasteiger partial charge on any atom is 0.0688 e. The van der Waals surface area contributed by atoms with Crippen LogP contribution in [-0.4, -0.2) is 6.21 Å². The van der Waals surface area contributed by atoms with Crippen molar-refractivity contribution < 1.29 is 0 Å². The molecule has 2 heteroatoms. The molecule has 0 atom stereocenters. The number of halogens is 1. The highest BCUT2D eigenvalue weighted by Crippen LogP contribution is 2.22. The van der Waals surface area contributed by atoms with Gasteiger partial charge in [0.15, 0.2) is 0 Å². The van der Waals surface area contributed by atoms with Gasteiger partial charge in [0, 0.05) is 11.2 Å². The normalized spacial score (nSPS) is 11.0. The first-order valence-electron chi connectivity index (χ1n) is 5.52. The summed E-state index contributed by atoms with van der Waals surface area (Å²) in [7, 11) is 0. The first kappa shape index (κ1) is 11.9. The van der Waals surface area contributed by atoms with Gasteiger partial charge in [-0.1, -0.05) is 41.9 Å². The Bertz CT molecular complexity index is 521.